The van der Waals surface area contributed by atoms with Gasteiger partial charge in [-0.2, -0.15) is 4.98 Å². The van der Waals surface area contributed by atoms with E-state index in [-0.39, 0.29) is 23.8 Å². The number of piperazine rings is 1. The summed E-state index contributed by atoms with van der Waals surface area (Å²) in [6, 6.07) is 3.43. The molecule has 14 heteroatoms. The third-order valence-electron chi connectivity index (χ3n) is 5.26. The number of aromatic nitrogens is 4. The van der Waals surface area contributed by atoms with Gasteiger partial charge in [0, 0.05) is 37.6 Å². The van der Waals surface area contributed by atoms with E-state index in [1.165, 1.54) is 19.1 Å². The van der Waals surface area contributed by atoms with Crippen molar-refractivity contribution in [1.82, 2.24) is 20.0 Å². The molecule has 3 heterocycles. The Morgan fingerprint density at radius 3 is 2.39 bits per heavy atom. The fraction of sp³-hybridized carbons (Fsp3) is 0.368. The third-order valence-corrected chi connectivity index (χ3v) is 5.26. The molecule has 4 rings (SSSR count). The Labute approximate surface area is 187 Å². The molecular formula is C19H21N7O7. The maximum Gasteiger partial charge on any atom is 0.387 e. The summed E-state index contributed by atoms with van der Waals surface area (Å²) in [7, 11) is 4.14. The van der Waals surface area contributed by atoms with Gasteiger partial charge in [-0.1, -0.05) is 0 Å². The molecule has 33 heavy (non-hydrogen) atoms. The molecule has 0 atom stereocenters. The smallest absolute Gasteiger partial charge is 0.387 e. The van der Waals surface area contributed by atoms with E-state index < -0.39 is 23.3 Å². The van der Waals surface area contributed by atoms with Gasteiger partial charge in [0.1, 0.15) is 5.82 Å². The molecule has 0 unspecified atom stereocenters. The van der Waals surface area contributed by atoms with Gasteiger partial charge in [0.05, 0.1) is 32.0 Å². The summed E-state index contributed by atoms with van der Waals surface area (Å²) in [5.41, 5.74) is 5.74. The summed E-state index contributed by atoms with van der Waals surface area (Å²) in [4.78, 5) is 36.7. The first-order chi connectivity index (χ1) is 15.9. The SMILES string of the molecule is COC(=O)c1c(C(=O)N2CCN(c3nc(N)c4cc(OC)c(OC)cc4n3)CC2)no[n+]1[O-]. The number of hydrogen-bond donors (Lipinski definition) is 1. The summed E-state index contributed by atoms with van der Waals surface area (Å²) in [5.74, 6) is 0.0607. The van der Waals surface area contributed by atoms with Crippen molar-refractivity contribution in [3.8, 4) is 11.5 Å². The Balaban J connectivity index is 1.53. The third kappa shape index (κ3) is 3.86. The van der Waals surface area contributed by atoms with Gasteiger partial charge in [-0.15, -0.1) is 0 Å². The van der Waals surface area contributed by atoms with Crippen molar-refractivity contribution in [3.63, 3.8) is 0 Å². The molecule has 0 saturated carbocycles. The molecule has 1 amide bonds. The average molecular weight is 459 g/mol. The topological polar surface area (TPSA) is 173 Å². The number of carbonyl (C=O) groups is 2. The number of rotatable bonds is 5. The summed E-state index contributed by atoms with van der Waals surface area (Å²) in [6.07, 6.45) is 0. The van der Waals surface area contributed by atoms with Crippen LogP contribution in [0.1, 0.15) is 21.0 Å². The normalized spacial score (nSPS) is 13.8. The van der Waals surface area contributed by atoms with Crippen LogP contribution in [0.3, 0.4) is 0 Å². The number of nitrogens with zero attached hydrogens (tertiary/aromatic N) is 6. The first kappa shape index (κ1) is 21.9. The van der Waals surface area contributed by atoms with E-state index >= 15 is 0 Å². The second kappa shape index (κ2) is 8.64. The molecule has 0 aliphatic carbocycles. The van der Waals surface area contributed by atoms with E-state index in [4.69, 9.17) is 15.2 Å². The zero-order valence-electron chi connectivity index (χ0n) is 18.1. The zero-order chi connectivity index (χ0) is 23.7. The lowest BCUT2D eigenvalue weighted by Crippen LogP contribution is -2.50. The second-order valence-corrected chi connectivity index (χ2v) is 7.03. The maximum absolute atomic E-state index is 12.8. The van der Waals surface area contributed by atoms with Gasteiger partial charge in [-0.25, -0.2) is 9.78 Å². The minimum absolute atomic E-state index is 0.149. The molecule has 174 valence electrons. The number of fused-ring (bicyclic) bond motifs is 1. The minimum atomic E-state index is -1.01. The van der Waals surface area contributed by atoms with Crippen molar-refractivity contribution in [2.45, 2.75) is 0 Å². The molecular weight excluding hydrogens is 438 g/mol. The van der Waals surface area contributed by atoms with Crippen LogP contribution in [0.15, 0.2) is 16.8 Å². The highest BCUT2D eigenvalue weighted by atomic mass is 16.8. The Morgan fingerprint density at radius 2 is 1.76 bits per heavy atom. The average Bonchev–Trinajstić information content (AvgIpc) is 3.23. The van der Waals surface area contributed by atoms with Gasteiger partial charge in [0.15, 0.2) is 11.5 Å². The van der Waals surface area contributed by atoms with Gasteiger partial charge in [-0.05, 0) is 11.0 Å². The van der Waals surface area contributed by atoms with E-state index in [0.717, 1.165) is 7.11 Å². The van der Waals surface area contributed by atoms with E-state index in [1.54, 1.807) is 12.1 Å². The molecule has 0 spiro atoms. The summed E-state index contributed by atoms with van der Waals surface area (Å²) >= 11 is 0. The van der Waals surface area contributed by atoms with Crippen LogP contribution in [0.5, 0.6) is 11.5 Å². The lowest BCUT2D eigenvalue weighted by molar-refractivity contribution is -0.804. The van der Waals surface area contributed by atoms with Crippen molar-refractivity contribution in [1.29, 1.82) is 0 Å². The summed E-state index contributed by atoms with van der Waals surface area (Å²) in [5, 5.41) is 15.7. The van der Waals surface area contributed by atoms with Crippen molar-refractivity contribution in [2.75, 3.05) is 58.1 Å². The van der Waals surface area contributed by atoms with Crippen molar-refractivity contribution < 1.29 is 33.3 Å². The van der Waals surface area contributed by atoms with Crippen LogP contribution in [0.25, 0.3) is 10.9 Å². The number of carbonyl (C=O) groups excluding carboxylic acids is 2. The van der Waals surface area contributed by atoms with Gasteiger partial charge < -0.3 is 35.0 Å². The molecule has 1 saturated heterocycles. The van der Waals surface area contributed by atoms with Gasteiger partial charge in [-0.3, -0.25) is 9.42 Å². The number of hydrogen-bond acceptors (Lipinski definition) is 12. The van der Waals surface area contributed by atoms with Gasteiger partial charge in [0.25, 0.3) is 0 Å². The van der Waals surface area contributed by atoms with Gasteiger partial charge >= 0.3 is 23.3 Å². The quantitative estimate of drug-likeness (QED) is 0.387. The first-order valence-corrected chi connectivity index (χ1v) is 9.79. The molecule has 14 nitrogen and oxygen atoms in total. The molecule has 1 aromatic carbocycles. The molecule has 0 bridgehead atoms. The molecule has 3 aromatic rings. The number of nitrogen functional groups attached to an aromatic ring is 1. The fourth-order valence-electron chi connectivity index (χ4n) is 3.52. The number of anilines is 2. The Morgan fingerprint density at radius 1 is 1.09 bits per heavy atom. The monoisotopic (exact) mass is 459 g/mol. The predicted octanol–water partition coefficient (Wildman–Crippen LogP) is -0.400. The van der Waals surface area contributed by atoms with Crippen molar-refractivity contribution in [2.24, 2.45) is 0 Å². The molecule has 1 aliphatic heterocycles. The van der Waals surface area contributed by atoms with Crippen LogP contribution in [-0.2, 0) is 4.74 Å². The largest absolute Gasteiger partial charge is 0.493 e. The number of ether oxygens (including phenoxy) is 3. The lowest BCUT2D eigenvalue weighted by atomic mass is 10.2. The van der Waals surface area contributed by atoms with Crippen LogP contribution in [-0.4, -0.2) is 79.4 Å². The number of esters is 1. The minimum Gasteiger partial charge on any atom is -0.493 e. The highest BCUT2D eigenvalue weighted by Crippen LogP contribution is 2.34. The van der Waals surface area contributed by atoms with E-state index in [9.17, 15) is 14.8 Å². The lowest BCUT2D eigenvalue weighted by Gasteiger charge is -2.34. The number of nitrogens with two attached hydrogens (primary N) is 1. The molecule has 2 aromatic heterocycles. The highest BCUT2D eigenvalue weighted by molar-refractivity contribution is 6.01. The Bertz CT molecular complexity index is 1220. The zero-order valence-corrected chi connectivity index (χ0v) is 18.1. The number of methoxy groups -OCH3 is 3. The van der Waals surface area contributed by atoms with Crippen molar-refractivity contribution in [3.05, 3.63) is 28.7 Å². The first-order valence-electron chi connectivity index (χ1n) is 9.79. The summed E-state index contributed by atoms with van der Waals surface area (Å²) < 4.78 is 19.6. The number of amides is 1. The Kier molecular flexibility index (Phi) is 5.72. The maximum atomic E-state index is 12.8. The second-order valence-electron chi connectivity index (χ2n) is 7.03. The van der Waals surface area contributed by atoms with E-state index in [2.05, 4.69) is 24.5 Å². The molecule has 0 radical (unpaired) electrons. The summed E-state index contributed by atoms with van der Waals surface area (Å²) in [6.45, 7) is 1.29. The predicted molar refractivity (Wildman–Crippen MR) is 112 cm³/mol. The molecule has 1 aliphatic rings. The van der Waals surface area contributed by atoms with Crippen LogP contribution in [0.2, 0.25) is 0 Å². The van der Waals surface area contributed by atoms with Crippen molar-refractivity contribution >= 4 is 34.5 Å². The molecule has 1 fully saturated rings. The standard InChI is InChI=1S/C19H21N7O7/c1-30-12-8-10-11(9-13(12)31-2)21-19(22-16(10)20)25-6-4-24(5-7-25)17(27)14-15(18(28)32-3)26(29)33-23-14/h8-9H,4-7H2,1-3H3,(H2,20,21,22). The van der Waals surface area contributed by atoms with Crippen LogP contribution < -0.4 is 25.0 Å². The fourth-order valence-corrected chi connectivity index (χ4v) is 3.52. The van der Waals surface area contributed by atoms with E-state index in [0.29, 0.717) is 41.4 Å². The van der Waals surface area contributed by atoms with Crippen LogP contribution in [0.4, 0.5) is 11.8 Å². The van der Waals surface area contributed by atoms with Crippen LogP contribution >= 0.6 is 0 Å². The molecule has 2 N–H and O–H groups in total. The Hall–Kier alpha value is -4.36. The van der Waals surface area contributed by atoms with Gasteiger partial charge in [0.2, 0.25) is 5.95 Å². The number of benzene rings is 1. The van der Waals surface area contributed by atoms with E-state index in [1.807, 2.05) is 4.90 Å². The highest BCUT2D eigenvalue weighted by Gasteiger charge is 2.37. The van der Waals surface area contributed by atoms with Crippen LogP contribution in [0, 0.1) is 5.21 Å².